The van der Waals surface area contributed by atoms with Gasteiger partial charge < -0.3 is 20.5 Å². The zero-order valence-electron chi connectivity index (χ0n) is 10.7. The number of anilines is 1. The number of benzene rings is 1. The number of rotatable bonds is 6. The molecule has 0 fully saturated rings. The lowest BCUT2D eigenvalue weighted by Crippen LogP contribution is -2.14. The van der Waals surface area contributed by atoms with Gasteiger partial charge in [-0.05, 0) is 12.1 Å². The molecule has 0 amide bonds. The van der Waals surface area contributed by atoms with Crippen molar-refractivity contribution in [1.82, 2.24) is 9.97 Å². The molecule has 1 aromatic carbocycles. The third-order valence-electron chi connectivity index (χ3n) is 2.35. The first-order chi connectivity index (χ1) is 9.33. The molecule has 0 spiro atoms. The van der Waals surface area contributed by atoms with Gasteiger partial charge in [0, 0.05) is 13.1 Å². The summed E-state index contributed by atoms with van der Waals surface area (Å²) in [5, 5.41) is 2.98. The molecule has 0 radical (unpaired) electrons. The molecule has 1 aromatic heterocycles. The number of nitrogens with zero attached hydrogens (tertiary/aromatic N) is 2. The van der Waals surface area contributed by atoms with Gasteiger partial charge in [-0.25, -0.2) is 9.97 Å². The van der Waals surface area contributed by atoms with Crippen molar-refractivity contribution in [3.63, 3.8) is 0 Å². The van der Waals surface area contributed by atoms with Crippen LogP contribution in [-0.2, 0) is 0 Å². The third kappa shape index (κ3) is 3.56. The zero-order chi connectivity index (χ0) is 13.5. The second-order valence-electron chi connectivity index (χ2n) is 3.71. The molecule has 6 heteroatoms. The standard InChI is InChI=1S/C13H16N4O2/c1-18-11-4-2-3-5-12(11)19-10-8-16-13(17-9-10)15-7-6-14/h2-5,8-9H,6-7,14H2,1H3,(H,15,16,17). The molecule has 0 bridgehead atoms. The average molecular weight is 260 g/mol. The number of methoxy groups -OCH3 is 1. The molecule has 0 saturated heterocycles. The summed E-state index contributed by atoms with van der Waals surface area (Å²) in [5.41, 5.74) is 5.38. The Bertz CT molecular complexity index is 516. The van der Waals surface area contributed by atoms with Gasteiger partial charge in [0.15, 0.2) is 17.2 Å². The summed E-state index contributed by atoms with van der Waals surface area (Å²) < 4.78 is 10.9. The molecule has 2 rings (SSSR count). The van der Waals surface area contributed by atoms with Gasteiger partial charge in [0.2, 0.25) is 5.95 Å². The van der Waals surface area contributed by atoms with Gasteiger partial charge in [-0.2, -0.15) is 0 Å². The molecule has 2 aromatic rings. The van der Waals surface area contributed by atoms with Gasteiger partial charge in [-0.1, -0.05) is 12.1 Å². The van der Waals surface area contributed by atoms with Gasteiger partial charge >= 0.3 is 0 Å². The SMILES string of the molecule is COc1ccccc1Oc1cnc(NCCN)nc1. The van der Waals surface area contributed by atoms with E-state index < -0.39 is 0 Å². The second-order valence-corrected chi connectivity index (χ2v) is 3.71. The lowest BCUT2D eigenvalue weighted by atomic mass is 10.3. The number of hydrogen-bond acceptors (Lipinski definition) is 6. The van der Waals surface area contributed by atoms with E-state index in [0.717, 1.165) is 0 Å². The Hall–Kier alpha value is -2.34. The summed E-state index contributed by atoms with van der Waals surface area (Å²) in [6.07, 6.45) is 3.19. The van der Waals surface area contributed by atoms with Crippen molar-refractivity contribution in [2.45, 2.75) is 0 Å². The molecule has 0 aliphatic rings. The molecule has 100 valence electrons. The van der Waals surface area contributed by atoms with E-state index in [4.69, 9.17) is 15.2 Å². The normalized spacial score (nSPS) is 10.0. The minimum Gasteiger partial charge on any atom is -0.493 e. The molecule has 1 heterocycles. The Morgan fingerprint density at radius 2 is 1.84 bits per heavy atom. The highest BCUT2D eigenvalue weighted by molar-refractivity contribution is 5.42. The summed E-state index contributed by atoms with van der Waals surface area (Å²) in [5.74, 6) is 2.35. The first kappa shape index (κ1) is 13.1. The van der Waals surface area contributed by atoms with E-state index in [2.05, 4.69) is 15.3 Å². The smallest absolute Gasteiger partial charge is 0.222 e. The highest BCUT2D eigenvalue weighted by Gasteiger charge is 2.05. The molecule has 0 unspecified atom stereocenters. The van der Waals surface area contributed by atoms with Crippen molar-refractivity contribution in [2.75, 3.05) is 25.5 Å². The maximum Gasteiger partial charge on any atom is 0.222 e. The predicted molar refractivity (Wildman–Crippen MR) is 72.6 cm³/mol. The predicted octanol–water partition coefficient (Wildman–Crippen LogP) is 1.65. The van der Waals surface area contributed by atoms with Crippen molar-refractivity contribution in [3.8, 4) is 17.2 Å². The Labute approximate surface area is 111 Å². The number of nitrogens with two attached hydrogens (primary N) is 1. The van der Waals surface area contributed by atoms with Crippen LogP contribution in [0, 0.1) is 0 Å². The summed E-state index contributed by atoms with van der Waals surface area (Å²) in [4.78, 5) is 8.25. The highest BCUT2D eigenvalue weighted by Crippen LogP contribution is 2.30. The van der Waals surface area contributed by atoms with Crippen molar-refractivity contribution < 1.29 is 9.47 Å². The fourth-order valence-electron chi connectivity index (χ4n) is 1.47. The number of hydrogen-bond donors (Lipinski definition) is 2. The second kappa shape index (κ2) is 6.55. The van der Waals surface area contributed by atoms with Crippen LogP contribution in [0.15, 0.2) is 36.7 Å². The minimum atomic E-state index is 0.526. The molecule has 0 atom stereocenters. The molecule has 19 heavy (non-hydrogen) atoms. The highest BCUT2D eigenvalue weighted by atomic mass is 16.5. The fraction of sp³-hybridized carbons (Fsp3) is 0.231. The van der Waals surface area contributed by atoms with Gasteiger partial charge in [-0.15, -0.1) is 0 Å². The van der Waals surface area contributed by atoms with Crippen LogP contribution in [0.4, 0.5) is 5.95 Å². The number of ether oxygens (including phenoxy) is 2. The third-order valence-corrected chi connectivity index (χ3v) is 2.35. The van der Waals surface area contributed by atoms with E-state index in [0.29, 0.717) is 36.3 Å². The Kier molecular flexibility index (Phi) is 4.52. The molecular formula is C13H16N4O2. The fourth-order valence-corrected chi connectivity index (χ4v) is 1.47. The molecule has 6 nitrogen and oxygen atoms in total. The van der Waals surface area contributed by atoms with E-state index in [1.165, 1.54) is 0 Å². The van der Waals surface area contributed by atoms with Crippen LogP contribution < -0.4 is 20.5 Å². The summed E-state index contributed by atoms with van der Waals surface area (Å²) >= 11 is 0. The van der Waals surface area contributed by atoms with Gasteiger partial charge in [0.1, 0.15) is 0 Å². The molecule has 3 N–H and O–H groups in total. The zero-order valence-corrected chi connectivity index (χ0v) is 10.7. The van der Waals surface area contributed by atoms with Crippen molar-refractivity contribution in [3.05, 3.63) is 36.7 Å². The number of aromatic nitrogens is 2. The van der Waals surface area contributed by atoms with Crippen LogP contribution in [0.5, 0.6) is 17.2 Å². The lowest BCUT2D eigenvalue weighted by Gasteiger charge is -2.09. The van der Waals surface area contributed by atoms with Crippen LogP contribution in [-0.4, -0.2) is 30.2 Å². The topological polar surface area (TPSA) is 82.3 Å². The lowest BCUT2D eigenvalue weighted by molar-refractivity contribution is 0.378. The van der Waals surface area contributed by atoms with E-state index >= 15 is 0 Å². The molecular weight excluding hydrogens is 244 g/mol. The van der Waals surface area contributed by atoms with Crippen molar-refractivity contribution >= 4 is 5.95 Å². The molecule has 0 aliphatic carbocycles. The summed E-state index contributed by atoms with van der Waals surface area (Å²) in [6, 6.07) is 7.39. The van der Waals surface area contributed by atoms with E-state index in [9.17, 15) is 0 Å². The maximum atomic E-state index is 5.66. The molecule has 0 aliphatic heterocycles. The van der Waals surface area contributed by atoms with E-state index in [1.807, 2.05) is 24.3 Å². The first-order valence-corrected chi connectivity index (χ1v) is 5.90. The minimum absolute atomic E-state index is 0.526. The average Bonchev–Trinajstić information content (AvgIpc) is 2.47. The monoisotopic (exact) mass is 260 g/mol. The van der Waals surface area contributed by atoms with Crippen LogP contribution in [0.3, 0.4) is 0 Å². The quantitative estimate of drug-likeness (QED) is 0.821. The van der Waals surface area contributed by atoms with Crippen molar-refractivity contribution in [1.29, 1.82) is 0 Å². The van der Waals surface area contributed by atoms with Gasteiger partial charge in [0.25, 0.3) is 0 Å². The van der Waals surface area contributed by atoms with Crippen LogP contribution >= 0.6 is 0 Å². The number of nitrogens with one attached hydrogen (secondary N) is 1. The van der Waals surface area contributed by atoms with Gasteiger partial charge in [-0.3, -0.25) is 0 Å². The Morgan fingerprint density at radius 3 is 2.47 bits per heavy atom. The maximum absolute atomic E-state index is 5.66. The van der Waals surface area contributed by atoms with Gasteiger partial charge in [0.05, 0.1) is 19.5 Å². The van der Waals surface area contributed by atoms with E-state index in [1.54, 1.807) is 19.5 Å². The Morgan fingerprint density at radius 1 is 1.16 bits per heavy atom. The van der Waals surface area contributed by atoms with Crippen LogP contribution in [0.25, 0.3) is 0 Å². The van der Waals surface area contributed by atoms with Crippen LogP contribution in [0.1, 0.15) is 0 Å². The Balaban J connectivity index is 2.06. The number of para-hydroxylation sites is 2. The molecule has 0 saturated carbocycles. The largest absolute Gasteiger partial charge is 0.493 e. The summed E-state index contributed by atoms with van der Waals surface area (Å²) in [7, 11) is 1.60. The van der Waals surface area contributed by atoms with Crippen molar-refractivity contribution in [2.24, 2.45) is 5.73 Å². The summed E-state index contributed by atoms with van der Waals surface area (Å²) in [6.45, 7) is 1.16. The van der Waals surface area contributed by atoms with E-state index in [-0.39, 0.29) is 0 Å². The van der Waals surface area contributed by atoms with Crippen LogP contribution in [0.2, 0.25) is 0 Å². The first-order valence-electron chi connectivity index (χ1n) is 5.90.